The third kappa shape index (κ3) is 2.48. The third-order valence-electron chi connectivity index (χ3n) is 7.39. The van der Waals surface area contributed by atoms with E-state index in [-0.39, 0.29) is 23.2 Å². The average molecular weight is 364 g/mol. The van der Waals surface area contributed by atoms with E-state index in [2.05, 4.69) is 30.6 Å². The zero-order valence-corrected chi connectivity index (χ0v) is 16.7. The van der Waals surface area contributed by atoms with Crippen LogP contribution in [0.3, 0.4) is 0 Å². The number of carbonyl (C=O) groups excluding carboxylic acids is 2. The number of hydrogen-bond acceptors (Lipinski definition) is 3. The van der Waals surface area contributed by atoms with Gasteiger partial charge in [0.25, 0.3) is 0 Å². The molecule has 2 spiro atoms. The summed E-state index contributed by atoms with van der Waals surface area (Å²) in [6.45, 7) is 9.32. The minimum Gasteiger partial charge on any atom is -0.376 e. The van der Waals surface area contributed by atoms with Gasteiger partial charge in [-0.25, -0.2) is 4.79 Å². The topological polar surface area (TPSA) is 53.1 Å². The molecule has 3 amide bonds. The molecular weight excluding hydrogens is 330 g/mol. The Kier molecular flexibility index (Phi) is 4.25. The molecule has 4 rings (SSSR count). The highest BCUT2D eigenvalue weighted by molar-refractivity contribution is 5.79. The van der Waals surface area contributed by atoms with Crippen molar-refractivity contribution in [1.82, 2.24) is 14.7 Å². The zero-order chi connectivity index (χ0) is 18.7. The fourth-order valence-electron chi connectivity index (χ4n) is 6.38. The maximum absolute atomic E-state index is 12.8. The number of likely N-dealkylation sites (N-methyl/N-ethyl adjacent to an activating group) is 2. The summed E-state index contributed by atoms with van der Waals surface area (Å²) in [7, 11) is 1.92. The van der Waals surface area contributed by atoms with Crippen LogP contribution in [0.5, 0.6) is 0 Å². The molecule has 3 aliphatic heterocycles. The van der Waals surface area contributed by atoms with Gasteiger partial charge in [0.05, 0.1) is 24.3 Å². The highest BCUT2D eigenvalue weighted by Gasteiger charge is 2.57. The van der Waals surface area contributed by atoms with Crippen LogP contribution in [0, 0.1) is 11.8 Å². The molecule has 146 valence electrons. The van der Waals surface area contributed by atoms with Crippen molar-refractivity contribution in [3.05, 3.63) is 0 Å². The minimum atomic E-state index is -0.0511. The highest BCUT2D eigenvalue weighted by Crippen LogP contribution is 2.51. The fourth-order valence-corrected chi connectivity index (χ4v) is 6.38. The van der Waals surface area contributed by atoms with E-state index in [4.69, 9.17) is 4.74 Å². The lowest BCUT2D eigenvalue weighted by atomic mass is 9.72. The van der Waals surface area contributed by atoms with Crippen molar-refractivity contribution in [2.45, 2.75) is 70.0 Å². The van der Waals surface area contributed by atoms with Crippen LogP contribution in [0.4, 0.5) is 4.79 Å². The molecule has 6 heteroatoms. The lowest BCUT2D eigenvalue weighted by Crippen LogP contribution is -2.67. The lowest BCUT2D eigenvalue weighted by molar-refractivity contribution is -0.185. The number of likely N-dealkylation sites (tertiary alicyclic amines) is 1. The average Bonchev–Trinajstić information content (AvgIpc) is 3.06. The van der Waals surface area contributed by atoms with Crippen molar-refractivity contribution in [1.29, 1.82) is 0 Å². The first-order chi connectivity index (χ1) is 12.3. The second-order valence-electron chi connectivity index (χ2n) is 9.35. The van der Waals surface area contributed by atoms with Crippen molar-refractivity contribution < 1.29 is 14.3 Å². The van der Waals surface area contributed by atoms with Crippen LogP contribution < -0.4 is 0 Å². The summed E-state index contributed by atoms with van der Waals surface area (Å²) in [6.07, 6.45) is 4.98. The van der Waals surface area contributed by atoms with E-state index >= 15 is 0 Å². The van der Waals surface area contributed by atoms with Gasteiger partial charge in [0.1, 0.15) is 0 Å². The predicted molar refractivity (Wildman–Crippen MR) is 98.7 cm³/mol. The van der Waals surface area contributed by atoms with E-state index in [0.29, 0.717) is 37.4 Å². The molecule has 0 bridgehead atoms. The van der Waals surface area contributed by atoms with Crippen LogP contribution in [0.25, 0.3) is 0 Å². The van der Waals surface area contributed by atoms with E-state index < -0.39 is 0 Å². The molecule has 3 heterocycles. The first-order valence-corrected chi connectivity index (χ1v) is 10.2. The van der Waals surface area contributed by atoms with E-state index in [1.807, 2.05) is 11.9 Å². The van der Waals surface area contributed by atoms with Crippen LogP contribution >= 0.6 is 0 Å². The second-order valence-corrected chi connectivity index (χ2v) is 9.35. The molecule has 0 aromatic rings. The van der Waals surface area contributed by atoms with Gasteiger partial charge in [-0.3, -0.25) is 4.79 Å². The molecule has 3 saturated heterocycles. The monoisotopic (exact) mass is 363 g/mol. The van der Waals surface area contributed by atoms with Gasteiger partial charge in [-0.15, -0.1) is 0 Å². The second kappa shape index (κ2) is 6.11. The quantitative estimate of drug-likeness (QED) is 0.773. The van der Waals surface area contributed by atoms with E-state index in [9.17, 15) is 9.59 Å². The standard InChI is InChI=1S/C20H33N3O3/c1-5-22-17(24)8-16(10-20(22)12-26-13-20)15-6-7-19(9-15)11-21(4)18(25)23(19)14(2)3/h14-16H,5-13H2,1-4H3. The van der Waals surface area contributed by atoms with E-state index in [1.54, 1.807) is 0 Å². The van der Waals surface area contributed by atoms with Crippen LogP contribution in [0.1, 0.15) is 52.9 Å². The van der Waals surface area contributed by atoms with Crippen molar-refractivity contribution in [3.8, 4) is 0 Å². The zero-order valence-electron chi connectivity index (χ0n) is 16.7. The molecule has 1 saturated carbocycles. The van der Waals surface area contributed by atoms with Gasteiger partial charge in [0.2, 0.25) is 5.91 Å². The van der Waals surface area contributed by atoms with Crippen molar-refractivity contribution >= 4 is 11.9 Å². The number of hydrogen-bond donors (Lipinski definition) is 0. The number of rotatable bonds is 3. The van der Waals surface area contributed by atoms with Gasteiger partial charge in [-0.05, 0) is 58.3 Å². The molecule has 0 radical (unpaired) electrons. The number of nitrogens with zero attached hydrogens (tertiary/aromatic N) is 3. The van der Waals surface area contributed by atoms with E-state index in [0.717, 1.165) is 38.8 Å². The Bertz CT molecular complexity index is 603. The summed E-state index contributed by atoms with van der Waals surface area (Å²) in [5.41, 5.74) is -0.0800. The first-order valence-electron chi connectivity index (χ1n) is 10.2. The normalized spacial score (nSPS) is 36.7. The molecule has 0 aromatic carbocycles. The molecule has 0 aromatic heterocycles. The molecule has 1 aliphatic carbocycles. The minimum absolute atomic E-state index is 0.0289. The molecule has 3 unspecified atom stereocenters. The molecule has 0 N–H and O–H groups in total. The molecular formula is C20H33N3O3. The molecule has 6 nitrogen and oxygen atoms in total. The van der Waals surface area contributed by atoms with Crippen LogP contribution in [-0.2, 0) is 9.53 Å². The first kappa shape index (κ1) is 18.1. The Labute approximate surface area is 156 Å². The molecule has 3 atom stereocenters. The molecule has 26 heavy (non-hydrogen) atoms. The summed E-state index contributed by atoms with van der Waals surface area (Å²) < 4.78 is 5.52. The van der Waals surface area contributed by atoms with Crippen LogP contribution in [-0.4, -0.2) is 77.1 Å². The summed E-state index contributed by atoms with van der Waals surface area (Å²) in [5, 5.41) is 0. The van der Waals surface area contributed by atoms with Gasteiger partial charge < -0.3 is 19.4 Å². The summed E-state index contributed by atoms with van der Waals surface area (Å²) >= 11 is 0. The third-order valence-corrected chi connectivity index (χ3v) is 7.39. The number of ether oxygens (including phenoxy) is 1. The number of piperidine rings is 1. The van der Waals surface area contributed by atoms with Gasteiger partial charge in [0, 0.05) is 32.6 Å². The van der Waals surface area contributed by atoms with Crippen LogP contribution in [0.15, 0.2) is 0 Å². The molecule has 4 aliphatic rings. The van der Waals surface area contributed by atoms with Gasteiger partial charge in [-0.2, -0.15) is 0 Å². The summed E-state index contributed by atoms with van der Waals surface area (Å²) in [5.74, 6) is 1.27. The Balaban J connectivity index is 1.52. The number of carbonyl (C=O) groups is 2. The molecule has 4 fully saturated rings. The van der Waals surface area contributed by atoms with Gasteiger partial charge in [-0.1, -0.05) is 0 Å². The summed E-state index contributed by atoms with van der Waals surface area (Å²) in [6, 6.07) is 0.391. The van der Waals surface area contributed by atoms with Gasteiger partial charge >= 0.3 is 6.03 Å². The fraction of sp³-hybridized carbons (Fsp3) is 0.900. The smallest absolute Gasteiger partial charge is 0.320 e. The highest BCUT2D eigenvalue weighted by atomic mass is 16.5. The number of amides is 3. The number of urea groups is 1. The van der Waals surface area contributed by atoms with Crippen molar-refractivity contribution in [2.24, 2.45) is 11.8 Å². The predicted octanol–water partition coefficient (Wildman–Crippen LogP) is 2.33. The largest absolute Gasteiger partial charge is 0.376 e. The van der Waals surface area contributed by atoms with Crippen molar-refractivity contribution in [3.63, 3.8) is 0 Å². The van der Waals surface area contributed by atoms with Crippen LogP contribution in [0.2, 0.25) is 0 Å². The summed E-state index contributed by atoms with van der Waals surface area (Å²) in [4.78, 5) is 31.5. The maximum atomic E-state index is 12.8. The Morgan fingerprint density at radius 2 is 1.85 bits per heavy atom. The van der Waals surface area contributed by atoms with Crippen molar-refractivity contribution in [2.75, 3.05) is 33.4 Å². The maximum Gasteiger partial charge on any atom is 0.320 e. The Morgan fingerprint density at radius 3 is 2.42 bits per heavy atom. The van der Waals surface area contributed by atoms with Gasteiger partial charge in [0.15, 0.2) is 0 Å². The Hall–Kier alpha value is -1.30. The lowest BCUT2D eigenvalue weighted by Gasteiger charge is -2.55. The van der Waals surface area contributed by atoms with E-state index in [1.165, 1.54) is 0 Å². The Morgan fingerprint density at radius 1 is 1.15 bits per heavy atom. The SMILES string of the molecule is CCN1C(=O)CC(C2CCC3(C2)CN(C)C(=O)N3C(C)C)CC12COC2.